The van der Waals surface area contributed by atoms with E-state index in [1.54, 1.807) is 18.0 Å². The summed E-state index contributed by atoms with van der Waals surface area (Å²) >= 11 is 1.74. The third kappa shape index (κ3) is 2.07. The Hall–Kier alpha value is -1.03. The van der Waals surface area contributed by atoms with Gasteiger partial charge in [-0.25, -0.2) is 0 Å². The minimum Gasteiger partial charge on any atom is -0.329 e. The van der Waals surface area contributed by atoms with Crippen molar-refractivity contribution in [3.05, 3.63) is 30.1 Å². The topological polar surface area (TPSA) is 33.2 Å². The van der Waals surface area contributed by atoms with Crippen molar-refractivity contribution >= 4 is 17.7 Å². The van der Waals surface area contributed by atoms with Gasteiger partial charge in [0.2, 0.25) is 5.91 Å². The fourth-order valence-corrected chi connectivity index (χ4v) is 3.47. The molecular weight excluding hydrogens is 220 g/mol. The Bertz CT molecular complexity index is 369. The van der Waals surface area contributed by atoms with Gasteiger partial charge in [0.05, 0.1) is 5.25 Å². The number of amides is 1. The molecule has 0 bridgehead atoms. The van der Waals surface area contributed by atoms with E-state index in [2.05, 4.69) is 11.9 Å². The van der Waals surface area contributed by atoms with Crippen LogP contribution in [-0.2, 0) is 4.79 Å². The average Bonchev–Trinajstić information content (AvgIpc) is 2.59. The van der Waals surface area contributed by atoms with Gasteiger partial charge in [0.15, 0.2) is 0 Å². The SMILES string of the molecule is CCC[C@H]1S[C@H](c2cccnc2)N(C)C1=O. The molecule has 3 nitrogen and oxygen atoms in total. The zero-order valence-electron chi connectivity index (χ0n) is 9.59. The summed E-state index contributed by atoms with van der Waals surface area (Å²) in [5, 5.41) is 0.262. The van der Waals surface area contributed by atoms with Crippen molar-refractivity contribution in [3.63, 3.8) is 0 Å². The van der Waals surface area contributed by atoms with Crippen LogP contribution >= 0.6 is 11.8 Å². The summed E-state index contributed by atoms with van der Waals surface area (Å²) in [5.41, 5.74) is 1.11. The van der Waals surface area contributed by atoms with Gasteiger partial charge in [0.25, 0.3) is 0 Å². The van der Waals surface area contributed by atoms with E-state index in [0.717, 1.165) is 18.4 Å². The second-order valence-electron chi connectivity index (χ2n) is 4.00. The molecule has 16 heavy (non-hydrogen) atoms. The smallest absolute Gasteiger partial charge is 0.236 e. The lowest BCUT2D eigenvalue weighted by atomic mass is 10.2. The minimum absolute atomic E-state index is 0.125. The predicted octanol–water partition coefficient (Wildman–Crippen LogP) is 2.45. The number of pyridine rings is 1. The molecule has 0 spiro atoms. The first-order chi connectivity index (χ1) is 7.74. The van der Waals surface area contributed by atoms with Gasteiger partial charge in [-0.15, -0.1) is 11.8 Å². The monoisotopic (exact) mass is 236 g/mol. The zero-order valence-corrected chi connectivity index (χ0v) is 10.4. The van der Waals surface area contributed by atoms with E-state index in [0.29, 0.717) is 0 Å². The minimum atomic E-state index is 0.125. The maximum absolute atomic E-state index is 12.0. The Kier molecular flexibility index (Phi) is 3.49. The highest BCUT2D eigenvalue weighted by Crippen LogP contribution is 2.43. The van der Waals surface area contributed by atoms with Gasteiger partial charge >= 0.3 is 0 Å². The van der Waals surface area contributed by atoms with Crippen LogP contribution in [-0.4, -0.2) is 28.1 Å². The molecule has 1 aliphatic rings. The van der Waals surface area contributed by atoms with E-state index in [4.69, 9.17) is 0 Å². The predicted molar refractivity (Wildman–Crippen MR) is 66.0 cm³/mol. The number of hydrogen-bond donors (Lipinski definition) is 0. The summed E-state index contributed by atoms with van der Waals surface area (Å²) in [6.07, 6.45) is 5.62. The third-order valence-electron chi connectivity index (χ3n) is 2.79. The molecule has 86 valence electrons. The number of rotatable bonds is 3. The van der Waals surface area contributed by atoms with E-state index in [1.165, 1.54) is 0 Å². The van der Waals surface area contributed by atoms with Crippen LogP contribution in [0.25, 0.3) is 0 Å². The maximum atomic E-state index is 12.0. The van der Waals surface area contributed by atoms with Crippen LogP contribution in [0.4, 0.5) is 0 Å². The summed E-state index contributed by atoms with van der Waals surface area (Å²) in [7, 11) is 1.88. The molecule has 0 N–H and O–H groups in total. The molecule has 2 heterocycles. The summed E-state index contributed by atoms with van der Waals surface area (Å²) in [5.74, 6) is 0.251. The van der Waals surface area contributed by atoms with E-state index in [-0.39, 0.29) is 16.5 Å². The molecule has 2 rings (SSSR count). The molecule has 2 atom stereocenters. The van der Waals surface area contributed by atoms with Crippen molar-refractivity contribution in [3.8, 4) is 0 Å². The number of thioether (sulfide) groups is 1. The summed E-state index contributed by atoms with van der Waals surface area (Å²) < 4.78 is 0. The van der Waals surface area contributed by atoms with Crippen LogP contribution in [0.15, 0.2) is 24.5 Å². The fourth-order valence-electron chi connectivity index (χ4n) is 1.93. The van der Waals surface area contributed by atoms with Gasteiger partial charge in [0.1, 0.15) is 5.37 Å². The molecule has 1 aliphatic heterocycles. The van der Waals surface area contributed by atoms with Gasteiger partial charge in [-0.1, -0.05) is 19.4 Å². The number of nitrogens with zero attached hydrogens (tertiary/aromatic N) is 2. The first-order valence-electron chi connectivity index (χ1n) is 5.56. The van der Waals surface area contributed by atoms with Crippen LogP contribution in [0.2, 0.25) is 0 Å². The normalized spacial score (nSPS) is 25.1. The number of hydrogen-bond acceptors (Lipinski definition) is 3. The maximum Gasteiger partial charge on any atom is 0.236 e. The summed E-state index contributed by atoms with van der Waals surface area (Å²) in [6.45, 7) is 2.12. The van der Waals surface area contributed by atoms with Crippen LogP contribution in [0, 0.1) is 0 Å². The van der Waals surface area contributed by atoms with Crippen molar-refractivity contribution in [1.29, 1.82) is 0 Å². The lowest BCUT2D eigenvalue weighted by Crippen LogP contribution is -2.26. The van der Waals surface area contributed by atoms with Crippen LogP contribution < -0.4 is 0 Å². The highest BCUT2D eigenvalue weighted by molar-refractivity contribution is 8.01. The van der Waals surface area contributed by atoms with Gasteiger partial charge in [0, 0.05) is 25.0 Å². The summed E-state index contributed by atoms with van der Waals surface area (Å²) in [6, 6.07) is 3.95. The van der Waals surface area contributed by atoms with Crippen LogP contribution in [0.3, 0.4) is 0 Å². The molecule has 1 amide bonds. The second-order valence-corrected chi connectivity index (χ2v) is 5.29. The quantitative estimate of drug-likeness (QED) is 0.808. The lowest BCUT2D eigenvalue weighted by Gasteiger charge is -2.18. The average molecular weight is 236 g/mol. The zero-order chi connectivity index (χ0) is 11.5. The molecule has 0 saturated carbocycles. The Labute approximate surface area is 100 Å². The van der Waals surface area contributed by atoms with Crippen molar-refractivity contribution in [2.45, 2.75) is 30.4 Å². The Morgan fingerprint density at radius 3 is 3.00 bits per heavy atom. The standard InChI is InChI=1S/C12H16N2OS/c1-3-5-10-11(15)14(2)12(16-10)9-6-4-7-13-8-9/h4,6-8,10,12H,3,5H2,1-2H3/t10-,12-/m1/s1. The molecule has 1 aromatic heterocycles. The van der Waals surface area contributed by atoms with Gasteiger partial charge in [-0.2, -0.15) is 0 Å². The molecule has 0 unspecified atom stereocenters. The number of carbonyl (C=O) groups is 1. The highest BCUT2D eigenvalue weighted by atomic mass is 32.2. The second kappa shape index (κ2) is 4.87. The Morgan fingerprint density at radius 2 is 2.38 bits per heavy atom. The molecular formula is C12H16N2OS. The summed E-state index contributed by atoms with van der Waals surface area (Å²) in [4.78, 5) is 17.9. The first-order valence-corrected chi connectivity index (χ1v) is 6.50. The molecule has 0 aliphatic carbocycles. The van der Waals surface area contributed by atoms with Crippen LogP contribution in [0.1, 0.15) is 30.7 Å². The van der Waals surface area contributed by atoms with Gasteiger partial charge in [-0.05, 0) is 12.5 Å². The largest absolute Gasteiger partial charge is 0.329 e. The van der Waals surface area contributed by atoms with Crippen LogP contribution in [0.5, 0.6) is 0 Å². The third-order valence-corrected chi connectivity index (χ3v) is 4.40. The molecule has 4 heteroatoms. The van der Waals surface area contributed by atoms with E-state index in [1.807, 2.05) is 30.3 Å². The van der Waals surface area contributed by atoms with Crippen molar-refractivity contribution in [1.82, 2.24) is 9.88 Å². The fraction of sp³-hybridized carbons (Fsp3) is 0.500. The molecule has 1 fully saturated rings. The number of aromatic nitrogens is 1. The molecule has 0 radical (unpaired) electrons. The van der Waals surface area contributed by atoms with Gasteiger partial charge in [-0.3, -0.25) is 9.78 Å². The lowest BCUT2D eigenvalue weighted by molar-refractivity contribution is -0.128. The first kappa shape index (κ1) is 11.5. The molecule has 1 saturated heterocycles. The Balaban J connectivity index is 2.16. The highest BCUT2D eigenvalue weighted by Gasteiger charge is 2.37. The van der Waals surface area contributed by atoms with Crippen molar-refractivity contribution in [2.24, 2.45) is 0 Å². The van der Waals surface area contributed by atoms with Crippen molar-refractivity contribution in [2.75, 3.05) is 7.05 Å². The van der Waals surface area contributed by atoms with Crippen molar-refractivity contribution < 1.29 is 4.79 Å². The van der Waals surface area contributed by atoms with Gasteiger partial charge < -0.3 is 4.90 Å². The molecule has 0 aromatic carbocycles. The molecule has 1 aromatic rings. The Morgan fingerprint density at radius 1 is 1.56 bits per heavy atom. The van der Waals surface area contributed by atoms with E-state index in [9.17, 15) is 4.79 Å². The number of carbonyl (C=O) groups excluding carboxylic acids is 1. The van der Waals surface area contributed by atoms with E-state index >= 15 is 0 Å². The van der Waals surface area contributed by atoms with E-state index < -0.39 is 0 Å².